The van der Waals surface area contributed by atoms with Crippen molar-refractivity contribution in [3.8, 4) is 11.6 Å². The van der Waals surface area contributed by atoms with Gasteiger partial charge in [-0.25, -0.2) is 4.98 Å². The number of aromatic nitrogens is 1. The molecule has 1 aromatic heterocycles. The summed E-state index contributed by atoms with van der Waals surface area (Å²) in [5.41, 5.74) is 6.80. The van der Waals surface area contributed by atoms with E-state index in [0.29, 0.717) is 37.0 Å². The zero-order chi connectivity index (χ0) is 13.9. The molecule has 6 heteroatoms. The van der Waals surface area contributed by atoms with Crippen molar-refractivity contribution in [2.24, 2.45) is 5.73 Å². The van der Waals surface area contributed by atoms with Gasteiger partial charge in [-0.1, -0.05) is 0 Å². The van der Waals surface area contributed by atoms with Crippen LogP contribution < -0.4 is 15.2 Å². The maximum Gasteiger partial charge on any atom is 0.257 e. The first kappa shape index (κ1) is 13.6. The van der Waals surface area contributed by atoms with Gasteiger partial charge in [-0.3, -0.25) is 0 Å². The Bertz CT molecular complexity index is 463. The summed E-state index contributed by atoms with van der Waals surface area (Å²) in [7, 11) is 0. The SMILES string of the molecule is NC(CN1CCCC1)C(O)c1cnc2c(c1)OCCO2. The number of likely N-dealkylation sites (tertiary alicyclic amines) is 1. The van der Waals surface area contributed by atoms with Crippen LogP contribution in [-0.4, -0.2) is 53.9 Å². The van der Waals surface area contributed by atoms with Crippen molar-refractivity contribution in [3.05, 3.63) is 17.8 Å². The van der Waals surface area contributed by atoms with Crippen molar-refractivity contribution < 1.29 is 14.6 Å². The lowest BCUT2D eigenvalue weighted by atomic mass is 10.0. The van der Waals surface area contributed by atoms with E-state index in [1.54, 1.807) is 12.3 Å². The summed E-state index contributed by atoms with van der Waals surface area (Å²) in [4.78, 5) is 6.47. The van der Waals surface area contributed by atoms with E-state index in [0.717, 1.165) is 13.1 Å². The lowest BCUT2D eigenvalue weighted by Crippen LogP contribution is -2.40. The molecule has 0 bridgehead atoms. The number of rotatable bonds is 4. The Hall–Kier alpha value is -1.37. The van der Waals surface area contributed by atoms with Crippen molar-refractivity contribution in [3.63, 3.8) is 0 Å². The maximum atomic E-state index is 10.4. The molecule has 0 aromatic carbocycles. The normalized spacial score (nSPS) is 21.7. The van der Waals surface area contributed by atoms with E-state index >= 15 is 0 Å². The lowest BCUT2D eigenvalue weighted by molar-refractivity contribution is 0.122. The highest BCUT2D eigenvalue weighted by Crippen LogP contribution is 2.30. The van der Waals surface area contributed by atoms with Crippen LogP contribution in [0.1, 0.15) is 24.5 Å². The Kier molecular flexibility index (Phi) is 4.05. The average molecular weight is 279 g/mol. The van der Waals surface area contributed by atoms with E-state index < -0.39 is 6.10 Å². The summed E-state index contributed by atoms with van der Waals surface area (Å²) >= 11 is 0. The van der Waals surface area contributed by atoms with Gasteiger partial charge in [-0.05, 0) is 32.0 Å². The third-order valence-corrected chi connectivity index (χ3v) is 3.83. The van der Waals surface area contributed by atoms with E-state index in [1.807, 2.05) is 0 Å². The minimum Gasteiger partial charge on any atom is -0.484 e. The number of aliphatic hydroxyl groups excluding tert-OH is 1. The van der Waals surface area contributed by atoms with Gasteiger partial charge >= 0.3 is 0 Å². The molecule has 0 amide bonds. The van der Waals surface area contributed by atoms with Crippen LogP contribution in [0.5, 0.6) is 11.6 Å². The summed E-state index contributed by atoms with van der Waals surface area (Å²) in [6, 6.07) is 1.45. The molecule has 3 rings (SSSR count). The number of fused-ring (bicyclic) bond motifs is 1. The molecule has 110 valence electrons. The Labute approximate surface area is 118 Å². The van der Waals surface area contributed by atoms with E-state index in [-0.39, 0.29) is 6.04 Å². The van der Waals surface area contributed by atoms with Gasteiger partial charge in [-0.2, -0.15) is 0 Å². The van der Waals surface area contributed by atoms with Crippen molar-refractivity contribution in [2.45, 2.75) is 25.0 Å². The highest BCUT2D eigenvalue weighted by Gasteiger charge is 2.24. The molecule has 0 aliphatic carbocycles. The van der Waals surface area contributed by atoms with Crippen LogP contribution in [0.4, 0.5) is 0 Å². The van der Waals surface area contributed by atoms with Gasteiger partial charge in [0.05, 0.1) is 6.10 Å². The van der Waals surface area contributed by atoms with Gasteiger partial charge in [0.25, 0.3) is 5.88 Å². The molecule has 1 fully saturated rings. The highest BCUT2D eigenvalue weighted by molar-refractivity contribution is 5.38. The second-order valence-electron chi connectivity index (χ2n) is 5.39. The largest absolute Gasteiger partial charge is 0.484 e. The number of hydrogen-bond acceptors (Lipinski definition) is 6. The summed E-state index contributed by atoms with van der Waals surface area (Å²) < 4.78 is 10.8. The minimum absolute atomic E-state index is 0.322. The molecule has 20 heavy (non-hydrogen) atoms. The molecule has 2 unspecified atom stereocenters. The number of hydrogen-bond donors (Lipinski definition) is 2. The van der Waals surface area contributed by atoms with E-state index in [9.17, 15) is 5.11 Å². The quantitative estimate of drug-likeness (QED) is 0.825. The molecule has 2 aliphatic heterocycles. The first-order valence-corrected chi connectivity index (χ1v) is 7.15. The molecule has 0 saturated carbocycles. The van der Waals surface area contributed by atoms with Gasteiger partial charge < -0.3 is 25.2 Å². The van der Waals surface area contributed by atoms with E-state index in [4.69, 9.17) is 15.2 Å². The van der Waals surface area contributed by atoms with Crippen molar-refractivity contribution in [2.75, 3.05) is 32.8 Å². The van der Waals surface area contributed by atoms with Crippen molar-refractivity contribution >= 4 is 0 Å². The van der Waals surface area contributed by atoms with Crippen LogP contribution in [0.2, 0.25) is 0 Å². The number of pyridine rings is 1. The van der Waals surface area contributed by atoms with Crippen LogP contribution in [0.15, 0.2) is 12.3 Å². The first-order valence-electron chi connectivity index (χ1n) is 7.15. The Balaban J connectivity index is 1.67. The fourth-order valence-corrected chi connectivity index (χ4v) is 2.72. The van der Waals surface area contributed by atoms with Gasteiger partial charge in [0, 0.05) is 24.3 Å². The Morgan fingerprint density at radius 2 is 2.05 bits per heavy atom. The van der Waals surface area contributed by atoms with Gasteiger partial charge in [0.15, 0.2) is 5.75 Å². The molecule has 1 aromatic rings. The number of aliphatic hydroxyl groups is 1. The van der Waals surface area contributed by atoms with E-state index in [1.165, 1.54) is 12.8 Å². The monoisotopic (exact) mass is 279 g/mol. The van der Waals surface area contributed by atoms with Crippen LogP contribution >= 0.6 is 0 Å². The molecule has 3 N–H and O–H groups in total. The lowest BCUT2D eigenvalue weighted by Gasteiger charge is -2.25. The molecular formula is C14H21N3O3. The molecular weight excluding hydrogens is 258 g/mol. The predicted octanol–water partition coefficient (Wildman–Crippen LogP) is 0.309. The number of nitrogens with two attached hydrogens (primary N) is 1. The summed E-state index contributed by atoms with van der Waals surface area (Å²) in [6.45, 7) is 3.86. The Morgan fingerprint density at radius 3 is 2.85 bits per heavy atom. The van der Waals surface area contributed by atoms with Crippen LogP contribution in [0, 0.1) is 0 Å². The molecule has 6 nitrogen and oxygen atoms in total. The third kappa shape index (κ3) is 2.87. The maximum absolute atomic E-state index is 10.4. The standard InChI is InChI=1S/C14H21N3O3/c15-11(9-17-3-1-2-4-17)13(18)10-7-12-14(16-8-10)20-6-5-19-12/h7-8,11,13,18H,1-6,9,15H2. The van der Waals surface area contributed by atoms with E-state index in [2.05, 4.69) is 9.88 Å². The molecule has 2 atom stereocenters. The summed E-state index contributed by atoms with van der Waals surface area (Å²) in [6.07, 6.45) is 3.31. The molecule has 0 radical (unpaired) electrons. The summed E-state index contributed by atoms with van der Waals surface area (Å²) in [5.74, 6) is 1.07. The highest BCUT2D eigenvalue weighted by atomic mass is 16.6. The fourth-order valence-electron chi connectivity index (χ4n) is 2.72. The van der Waals surface area contributed by atoms with Gasteiger partial charge in [-0.15, -0.1) is 0 Å². The van der Waals surface area contributed by atoms with Crippen LogP contribution in [0.3, 0.4) is 0 Å². The molecule has 3 heterocycles. The van der Waals surface area contributed by atoms with Crippen LogP contribution in [0.25, 0.3) is 0 Å². The van der Waals surface area contributed by atoms with Crippen LogP contribution in [-0.2, 0) is 0 Å². The van der Waals surface area contributed by atoms with Crippen molar-refractivity contribution in [1.82, 2.24) is 9.88 Å². The zero-order valence-corrected chi connectivity index (χ0v) is 11.5. The molecule has 1 saturated heterocycles. The van der Waals surface area contributed by atoms with Gasteiger partial charge in [0.2, 0.25) is 0 Å². The minimum atomic E-state index is -0.737. The zero-order valence-electron chi connectivity index (χ0n) is 11.5. The second kappa shape index (κ2) is 5.95. The smallest absolute Gasteiger partial charge is 0.257 e. The average Bonchev–Trinajstić information content (AvgIpc) is 2.99. The van der Waals surface area contributed by atoms with Crippen molar-refractivity contribution in [1.29, 1.82) is 0 Å². The Morgan fingerprint density at radius 1 is 1.30 bits per heavy atom. The molecule has 2 aliphatic rings. The number of nitrogens with zero attached hydrogens (tertiary/aromatic N) is 2. The first-order chi connectivity index (χ1) is 9.74. The van der Waals surface area contributed by atoms with Gasteiger partial charge in [0.1, 0.15) is 13.2 Å². The third-order valence-electron chi connectivity index (χ3n) is 3.83. The predicted molar refractivity (Wildman–Crippen MR) is 73.8 cm³/mol. The second-order valence-corrected chi connectivity index (χ2v) is 5.39. The fraction of sp³-hybridized carbons (Fsp3) is 0.643. The topological polar surface area (TPSA) is 80.8 Å². The molecule has 0 spiro atoms. The number of ether oxygens (including phenoxy) is 2. The summed E-state index contributed by atoms with van der Waals surface area (Å²) in [5, 5.41) is 10.4.